The number of carbonyl (C=O) groups excluding carboxylic acids is 3. The Bertz CT molecular complexity index is 621. The fraction of sp³-hybridized carbons (Fsp3) is 0.800. The zero-order chi connectivity index (χ0) is 24.8. The van der Waals surface area contributed by atoms with Gasteiger partial charge in [-0.3, -0.25) is 14.4 Å². The van der Waals surface area contributed by atoms with Gasteiger partial charge in [0.2, 0.25) is 17.7 Å². The van der Waals surface area contributed by atoms with Crippen LogP contribution < -0.4 is 21.7 Å². The number of hydrogen-bond donors (Lipinski definition) is 6. The van der Waals surface area contributed by atoms with Crippen molar-refractivity contribution >= 4 is 47.2 Å². The van der Waals surface area contributed by atoms with Crippen molar-refractivity contribution in [1.29, 1.82) is 0 Å². The van der Waals surface area contributed by atoms with E-state index in [-0.39, 0.29) is 18.8 Å². The molecule has 0 heterocycles. The number of carbonyl (C=O) groups is 4. The maximum absolute atomic E-state index is 12.8. The second-order valence-electron chi connectivity index (χ2n) is 7.99. The number of hydrogen-bond acceptors (Lipinski definition) is 8. The summed E-state index contributed by atoms with van der Waals surface area (Å²) in [5, 5.41) is 26.9. The Kier molecular flexibility index (Phi) is 15.4. The number of thioether (sulfide) groups is 2. The molecule has 0 saturated carbocycles. The molecule has 0 saturated heterocycles. The van der Waals surface area contributed by atoms with Crippen LogP contribution in [0.5, 0.6) is 0 Å². The molecule has 0 spiro atoms. The molecule has 0 bridgehead atoms. The van der Waals surface area contributed by atoms with E-state index >= 15 is 0 Å². The Labute approximate surface area is 198 Å². The number of rotatable bonds is 16. The van der Waals surface area contributed by atoms with E-state index < -0.39 is 54.0 Å². The summed E-state index contributed by atoms with van der Waals surface area (Å²) in [4.78, 5) is 49.3. The van der Waals surface area contributed by atoms with Gasteiger partial charge in [0.15, 0.2) is 0 Å². The zero-order valence-electron chi connectivity index (χ0n) is 19.4. The smallest absolute Gasteiger partial charge is 0.326 e. The second-order valence-corrected chi connectivity index (χ2v) is 9.96. The minimum atomic E-state index is -1.31. The summed E-state index contributed by atoms with van der Waals surface area (Å²) in [5.41, 5.74) is 5.86. The van der Waals surface area contributed by atoms with E-state index in [0.717, 1.165) is 0 Å². The van der Waals surface area contributed by atoms with Gasteiger partial charge in [-0.2, -0.15) is 23.5 Å². The molecule has 0 aromatic rings. The Morgan fingerprint density at radius 1 is 0.844 bits per heavy atom. The molecule has 0 aromatic carbocycles. The van der Waals surface area contributed by atoms with E-state index in [2.05, 4.69) is 16.0 Å². The minimum absolute atomic E-state index is 0.169. The van der Waals surface area contributed by atoms with Gasteiger partial charge < -0.3 is 31.9 Å². The summed E-state index contributed by atoms with van der Waals surface area (Å²) in [5.74, 6) is -1.86. The van der Waals surface area contributed by atoms with Gasteiger partial charge in [0.05, 0.1) is 12.1 Å². The summed E-state index contributed by atoms with van der Waals surface area (Å²) in [6, 6.07) is -4.25. The van der Waals surface area contributed by atoms with Crippen molar-refractivity contribution in [2.45, 2.75) is 70.3 Å². The van der Waals surface area contributed by atoms with E-state index in [4.69, 9.17) is 5.73 Å². The van der Waals surface area contributed by atoms with Gasteiger partial charge in [-0.15, -0.1) is 0 Å². The van der Waals surface area contributed by atoms with Crippen LogP contribution in [0.3, 0.4) is 0 Å². The van der Waals surface area contributed by atoms with E-state index in [1.165, 1.54) is 30.4 Å². The Balaban J connectivity index is 5.33. The summed E-state index contributed by atoms with van der Waals surface area (Å²) >= 11 is 2.92. The van der Waals surface area contributed by atoms with Crippen molar-refractivity contribution in [3.8, 4) is 0 Å². The molecule has 0 aliphatic rings. The molecule has 12 heteroatoms. The van der Waals surface area contributed by atoms with Crippen molar-refractivity contribution in [2.24, 2.45) is 11.7 Å². The Morgan fingerprint density at radius 3 is 1.78 bits per heavy atom. The van der Waals surface area contributed by atoms with Crippen molar-refractivity contribution in [3.05, 3.63) is 0 Å². The normalized spacial score (nSPS) is 15.9. The molecule has 0 fully saturated rings. The zero-order valence-corrected chi connectivity index (χ0v) is 21.1. The van der Waals surface area contributed by atoms with E-state index in [9.17, 15) is 29.4 Å². The maximum atomic E-state index is 12.8. The van der Waals surface area contributed by atoms with Crippen LogP contribution in [-0.2, 0) is 19.2 Å². The van der Waals surface area contributed by atoms with Crippen molar-refractivity contribution in [2.75, 3.05) is 24.0 Å². The minimum Gasteiger partial charge on any atom is -0.480 e. The first-order valence-corrected chi connectivity index (χ1v) is 13.3. The highest BCUT2D eigenvalue weighted by atomic mass is 32.2. The first kappa shape index (κ1) is 30.5. The topological polar surface area (TPSA) is 171 Å². The lowest BCUT2D eigenvalue weighted by Crippen LogP contribution is -2.60. The quantitative estimate of drug-likeness (QED) is 0.170. The Morgan fingerprint density at radius 2 is 1.34 bits per heavy atom. The molecule has 3 amide bonds. The summed E-state index contributed by atoms with van der Waals surface area (Å²) in [6.07, 6.45) is 3.34. The molecular formula is C20H38N4O6S2. The van der Waals surface area contributed by atoms with E-state index in [1.54, 1.807) is 0 Å². The van der Waals surface area contributed by atoms with Gasteiger partial charge >= 0.3 is 5.97 Å². The van der Waals surface area contributed by atoms with Gasteiger partial charge in [-0.25, -0.2) is 4.79 Å². The number of aliphatic carboxylic acids is 1. The molecule has 0 aromatic heterocycles. The highest BCUT2D eigenvalue weighted by molar-refractivity contribution is 7.98. The average Bonchev–Trinajstić information content (AvgIpc) is 2.70. The highest BCUT2D eigenvalue weighted by Gasteiger charge is 2.32. The molecule has 5 unspecified atom stereocenters. The molecule has 5 atom stereocenters. The van der Waals surface area contributed by atoms with E-state index in [0.29, 0.717) is 17.9 Å². The molecule has 7 N–H and O–H groups in total. The third-order valence-corrected chi connectivity index (χ3v) is 5.88. The predicted molar refractivity (Wildman–Crippen MR) is 129 cm³/mol. The summed E-state index contributed by atoms with van der Waals surface area (Å²) in [6.45, 7) is 5.16. The molecule has 0 rings (SSSR count). The lowest BCUT2D eigenvalue weighted by molar-refractivity contribution is -0.142. The molecule has 0 aliphatic carbocycles. The molecule has 186 valence electrons. The molecule has 0 aliphatic heterocycles. The SMILES string of the molecule is CSCCC(NC(=O)C(CCSC)NC(=O)C(NC(=O)C(N)CC(C)C)C(C)O)C(=O)O. The number of nitrogens with two attached hydrogens (primary N) is 1. The van der Waals surface area contributed by atoms with Crippen LogP contribution in [0, 0.1) is 5.92 Å². The van der Waals surface area contributed by atoms with Gasteiger partial charge in [0.25, 0.3) is 0 Å². The van der Waals surface area contributed by atoms with Crippen LogP contribution in [0.25, 0.3) is 0 Å². The number of carboxylic acid groups (broad SMARTS) is 1. The Hall–Kier alpha value is -1.50. The van der Waals surface area contributed by atoms with Gasteiger partial charge in [0, 0.05) is 0 Å². The van der Waals surface area contributed by atoms with Gasteiger partial charge in [-0.1, -0.05) is 13.8 Å². The van der Waals surface area contributed by atoms with Crippen molar-refractivity contribution in [3.63, 3.8) is 0 Å². The predicted octanol–water partition coefficient (Wildman–Crippen LogP) is -0.214. The summed E-state index contributed by atoms with van der Waals surface area (Å²) < 4.78 is 0. The molecule has 10 nitrogen and oxygen atoms in total. The third kappa shape index (κ3) is 11.9. The van der Waals surface area contributed by atoms with Crippen LogP contribution in [0.15, 0.2) is 0 Å². The van der Waals surface area contributed by atoms with Gasteiger partial charge in [0.1, 0.15) is 18.1 Å². The second kappa shape index (κ2) is 16.2. The largest absolute Gasteiger partial charge is 0.480 e. The van der Waals surface area contributed by atoms with Crippen LogP contribution in [0.1, 0.15) is 40.0 Å². The fourth-order valence-corrected chi connectivity index (χ4v) is 3.75. The number of aliphatic hydroxyl groups is 1. The first-order valence-electron chi connectivity index (χ1n) is 10.5. The highest BCUT2D eigenvalue weighted by Crippen LogP contribution is 2.07. The molecular weight excluding hydrogens is 456 g/mol. The van der Waals surface area contributed by atoms with Crippen LogP contribution in [0.2, 0.25) is 0 Å². The summed E-state index contributed by atoms with van der Waals surface area (Å²) in [7, 11) is 0. The number of amides is 3. The van der Waals surface area contributed by atoms with Crippen LogP contribution in [0.4, 0.5) is 0 Å². The van der Waals surface area contributed by atoms with Crippen LogP contribution in [-0.4, -0.2) is 88.2 Å². The van der Waals surface area contributed by atoms with E-state index in [1.807, 2.05) is 26.4 Å². The number of nitrogens with one attached hydrogen (secondary N) is 3. The standard InChI is InChI=1S/C20H38N4O6S2/c1-11(2)10-13(21)17(26)24-16(12(3)25)19(28)22-14(6-8-31-4)18(27)23-15(20(29)30)7-9-32-5/h11-16,25H,6-10,21H2,1-5H3,(H,22,28)(H,23,27)(H,24,26)(H,29,30). The monoisotopic (exact) mass is 494 g/mol. The molecule has 32 heavy (non-hydrogen) atoms. The number of aliphatic hydroxyl groups excluding tert-OH is 1. The lowest BCUT2D eigenvalue weighted by Gasteiger charge is -2.26. The average molecular weight is 495 g/mol. The van der Waals surface area contributed by atoms with Crippen molar-refractivity contribution in [1.82, 2.24) is 16.0 Å². The maximum Gasteiger partial charge on any atom is 0.326 e. The molecule has 0 radical (unpaired) electrons. The van der Waals surface area contributed by atoms with Crippen LogP contribution >= 0.6 is 23.5 Å². The van der Waals surface area contributed by atoms with Crippen molar-refractivity contribution < 1.29 is 29.4 Å². The lowest BCUT2D eigenvalue weighted by atomic mass is 10.0. The fourth-order valence-electron chi connectivity index (χ4n) is 2.81. The number of carboxylic acids is 1. The first-order chi connectivity index (χ1) is 14.9. The van der Waals surface area contributed by atoms with Gasteiger partial charge in [-0.05, 0) is 56.1 Å². The third-order valence-electron chi connectivity index (χ3n) is 4.59.